The summed E-state index contributed by atoms with van der Waals surface area (Å²) >= 11 is 6.01. The second-order valence-electron chi connectivity index (χ2n) is 4.09. The molecule has 0 bridgehead atoms. The molecule has 1 rings (SSSR count). The van der Waals surface area contributed by atoms with Crippen molar-refractivity contribution in [2.45, 2.75) is 20.3 Å². The van der Waals surface area contributed by atoms with E-state index < -0.39 is 0 Å². The van der Waals surface area contributed by atoms with Crippen LogP contribution in [0.15, 0.2) is 18.2 Å². The van der Waals surface area contributed by atoms with Crippen molar-refractivity contribution < 1.29 is 4.74 Å². The van der Waals surface area contributed by atoms with Crippen LogP contribution in [0.4, 0.5) is 0 Å². The first-order valence-electron chi connectivity index (χ1n) is 5.27. The lowest BCUT2D eigenvalue weighted by Crippen LogP contribution is -2.11. The number of ether oxygens (including phenoxy) is 1. The third-order valence-corrected chi connectivity index (χ3v) is 2.49. The van der Waals surface area contributed by atoms with Crippen molar-refractivity contribution in [2.75, 3.05) is 6.61 Å². The maximum absolute atomic E-state index is 7.28. The average Bonchev–Trinajstić information content (AvgIpc) is 2.19. The molecule has 0 unspecified atom stereocenters. The molecule has 0 aliphatic carbocycles. The molecule has 0 radical (unpaired) electrons. The van der Waals surface area contributed by atoms with E-state index >= 15 is 0 Å². The first-order chi connectivity index (χ1) is 7.50. The zero-order valence-electron chi connectivity index (χ0n) is 9.59. The van der Waals surface area contributed by atoms with Gasteiger partial charge in [0.15, 0.2) is 0 Å². The molecule has 88 valence electrons. The fourth-order valence-corrected chi connectivity index (χ4v) is 1.43. The number of halogens is 1. The van der Waals surface area contributed by atoms with E-state index in [1.165, 1.54) is 0 Å². The molecular formula is C12H17ClN2O. The number of rotatable bonds is 5. The molecule has 0 saturated heterocycles. The minimum atomic E-state index is 0.00984. The molecule has 0 fully saturated rings. The highest BCUT2D eigenvalue weighted by Gasteiger charge is 2.05. The van der Waals surface area contributed by atoms with Gasteiger partial charge in [-0.2, -0.15) is 0 Å². The molecular weight excluding hydrogens is 224 g/mol. The van der Waals surface area contributed by atoms with Gasteiger partial charge >= 0.3 is 0 Å². The molecule has 1 aromatic carbocycles. The highest BCUT2D eigenvalue weighted by Crippen LogP contribution is 2.25. The zero-order chi connectivity index (χ0) is 12.1. The lowest BCUT2D eigenvalue weighted by atomic mass is 10.1. The Morgan fingerprint density at radius 2 is 2.19 bits per heavy atom. The van der Waals surface area contributed by atoms with Crippen molar-refractivity contribution in [3.63, 3.8) is 0 Å². The van der Waals surface area contributed by atoms with E-state index in [-0.39, 0.29) is 5.84 Å². The van der Waals surface area contributed by atoms with Gasteiger partial charge in [-0.15, -0.1) is 0 Å². The third kappa shape index (κ3) is 3.74. The highest BCUT2D eigenvalue weighted by atomic mass is 35.5. The molecule has 0 heterocycles. The molecule has 0 saturated carbocycles. The highest BCUT2D eigenvalue weighted by molar-refractivity contribution is 6.32. The minimum absolute atomic E-state index is 0.00984. The van der Waals surface area contributed by atoms with Crippen molar-refractivity contribution in [1.82, 2.24) is 0 Å². The Labute approximate surface area is 101 Å². The first-order valence-corrected chi connectivity index (χ1v) is 5.65. The summed E-state index contributed by atoms with van der Waals surface area (Å²) in [5, 5.41) is 7.77. The van der Waals surface area contributed by atoms with Gasteiger partial charge in [0.2, 0.25) is 0 Å². The van der Waals surface area contributed by atoms with E-state index in [2.05, 4.69) is 13.8 Å². The topological polar surface area (TPSA) is 59.1 Å². The van der Waals surface area contributed by atoms with Crippen LogP contribution >= 0.6 is 11.6 Å². The number of amidine groups is 1. The van der Waals surface area contributed by atoms with Crippen LogP contribution in [0.5, 0.6) is 5.75 Å². The van der Waals surface area contributed by atoms with E-state index in [1.807, 2.05) is 0 Å². The molecule has 3 nitrogen and oxygen atoms in total. The van der Waals surface area contributed by atoms with Crippen molar-refractivity contribution in [3.8, 4) is 5.75 Å². The van der Waals surface area contributed by atoms with E-state index in [0.717, 1.165) is 6.42 Å². The predicted octanol–water partition coefficient (Wildman–Crippen LogP) is 3.05. The van der Waals surface area contributed by atoms with Crippen LogP contribution < -0.4 is 10.5 Å². The van der Waals surface area contributed by atoms with Crippen molar-refractivity contribution >= 4 is 17.4 Å². The Bertz CT molecular complexity index is 377. The standard InChI is InChI=1S/C12H17ClN2O/c1-8(2)5-6-16-11-4-3-9(12(14)15)7-10(11)13/h3-4,7-8H,5-6H2,1-2H3,(H3,14,15). The maximum Gasteiger partial charge on any atom is 0.137 e. The fourth-order valence-electron chi connectivity index (χ4n) is 1.19. The molecule has 0 amide bonds. The Balaban J connectivity index is 2.64. The number of hydrogen-bond acceptors (Lipinski definition) is 2. The van der Waals surface area contributed by atoms with Gasteiger partial charge in [-0.25, -0.2) is 0 Å². The van der Waals surface area contributed by atoms with Crippen LogP contribution in [0.25, 0.3) is 0 Å². The van der Waals surface area contributed by atoms with Crippen LogP contribution in [0.3, 0.4) is 0 Å². The summed E-state index contributed by atoms with van der Waals surface area (Å²) in [7, 11) is 0. The molecule has 0 atom stereocenters. The Kier molecular flexibility index (Phi) is 4.62. The Hall–Kier alpha value is -1.22. The zero-order valence-corrected chi connectivity index (χ0v) is 10.3. The van der Waals surface area contributed by atoms with Gasteiger partial charge in [-0.1, -0.05) is 25.4 Å². The quantitative estimate of drug-likeness (QED) is 0.614. The Morgan fingerprint density at radius 1 is 1.50 bits per heavy atom. The summed E-state index contributed by atoms with van der Waals surface area (Å²) in [5.41, 5.74) is 5.97. The Morgan fingerprint density at radius 3 is 2.69 bits per heavy atom. The van der Waals surface area contributed by atoms with E-state index in [1.54, 1.807) is 18.2 Å². The summed E-state index contributed by atoms with van der Waals surface area (Å²) in [5.74, 6) is 1.26. The number of nitrogens with one attached hydrogen (secondary N) is 1. The van der Waals surface area contributed by atoms with Gasteiger partial charge in [0.1, 0.15) is 11.6 Å². The van der Waals surface area contributed by atoms with Gasteiger partial charge in [-0.05, 0) is 30.5 Å². The normalized spacial score (nSPS) is 10.5. The summed E-state index contributed by atoms with van der Waals surface area (Å²) in [6.07, 6.45) is 0.991. The van der Waals surface area contributed by atoms with E-state index in [4.69, 9.17) is 27.5 Å². The van der Waals surface area contributed by atoms with Gasteiger partial charge in [-0.3, -0.25) is 5.41 Å². The maximum atomic E-state index is 7.28. The average molecular weight is 241 g/mol. The second-order valence-corrected chi connectivity index (χ2v) is 4.50. The van der Waals surface area contributed by atoms with E-state index in [0.29, 0.717) is 28.9 Å². The smallest absolute Gasteiger partial charge is 0.137 e. The van der Waals surface area contributed by atoms with Crippen molar-refractivity contribution in [1.29, 1.82) is 5.41 Å². The number of hydrogen-bond donors (Lipinski definition) is 2. The van der Waals surface area contributed by atoms with Gasteiger partial charge in [0.25, 0.3) is 0 Å². The van der Waals surface area contributed by atoms with Crippen LogP contribution in [0.1, 0.15) is 25.8 Å². The molecule has 1 aromatic rings. The van der Waals surface area contributed by atoms with Crippen molar-refractivity contribution in [3.05, 3.63) is 28.8 Å². The fraction of sp³-hybridized carbons (Fsp3) is 0.417. The largest absolute Gasteiger partial charge is 0.492 e. The minimum Gasteiger partial charge on any atom is -0.492 e. The van der Waals surface area contributed by atoms with Crippen LogP contribution in [0, 0.1) is 11.3 Å². The summed E-state index contributed by atoms with van der Waals surface area (Å²) in [4.78, 5) is 0. The third-order valence-electron chi connectivity index (χ3n) is 2.20. The summed E-state index contributed by atoms with van der Waals surface area (Å²) in [6, 6.07) is 5.13. The molecule has 0 aromatic heterocycles. The molecule has 0 aliphatic heterocycles. The number of benzene rings is 1. The number of nitrogen functional groups attached to an aromatic ring is 1. The molecule has 0 aliphatic rings. The van der Waals surface area contributed by atoms with Gasteiger partial charge in [0, 0.05) is 5.56 Å². The predicted molar refractivity (Wildman–Crippen MR) is 67.4 cm³/mol. The van der Waals surface area contributed by atoms with Crippen LogP contribution in [0.2, 0.25) is 5.02 Å². The molecule has 16 heavy (non-hydrogen) atoms. The van der Waals surface area contributed by atoms with Gasteiger partial charge < -0.3 is 10.5 Å². The first kappa shape index (κ1) is 12.8. The van der Waals surface area contributed by atoms with Crippen molar-refractivity contribution in [2.24, 2.45) is 11.7 Å². The summed E-state index contributed by atoms with van der Waals surface area (Å²) < 4.78 is 5.54. The monoisotopic (exact) mass is 240 g/mol. The van der Waals surface area contributed by atoms with E-state index in [9.17, 15) is 0 Å². The number of nitrogens with two attached hydrogens (primary N) is 1. The SMILES string of the molecule is CC(C)CCOc1ccc(C(=N)N)cc1Cl. The molecule has 4 heteroatoms. The van der Waals surface area contributed by atoms with Crippen LogP contribution in [-0.4, -0.2) is 12.4 Å². The lowest BCUT2D eigenvalue weighted by molar-refractivity contribution is 0.289. The second kappa shape index (κ2) is 5.75. The lowest BCUT2D eigenvalue weighted by Gasteiger charge is -2.10. The van der Waals surface area contributed by atoms with Gasteiger partial charge in [0.05, 0.1) is 11.6 Å². The molecule has 3 N–H and O–H groups in total. The molecule has 0 spiro atoms. The summed E-state index contributed by atoms with van der Waals surface area (Å²) in [6.45, 7) is 4.93. The van der Waals surface area contributed by atoms with Crippen LogP contribution in [-0.2, 0) is 0 Å².